The maximum absolute atomic E-state index is 9.38. The van der Waals surface area contributed by atoms with Crippen molar-refractivity contribution >= 4 is 60.9 Å². The monoisotopic (exact) mass is 247 g/mol. The summed E-state index contributed by atoms with van der Waals surface area (Å²) in [5.41, 5.74) is 1.32. The van der Waals surface area contributed by atoms with Crippen LogP contribution in [0.1, 0.15) is 17.2 Å². The molecule has 15 heavy (non-hydrogen) atoms. The number of hydrogen-bond donors (Lipinski definition) is 3. The fourth-order valence-electron chi connectivity index (χ4n) is 1.10. The van der Waals surface area contributed by atoms with Gasteiger partial charge in [0.25, 0.3) is 0 Å². The van der Waals surface area contributed by atoms with Gasteiger partial charge in [-0.3, -0.25) is 0 Å². The van der Waals surface area contributed by atoms with Gasteiger partial charge in [-0.2, -0.15) is 5.26 Å². The zero-order valence-corrected chi connectivity index (χ0v) is 9.04. The second kappa shape index (κ2) is 7.39. The molecule has 5 heteroatoms. The number of thiol groups is 2. The number of benzene rings is 1. The van der Waals surface area contributed by atoms with Crippen LogP contribution in [0.3, 0.4) is 0 Å². The van der Waals surface area contributed by atoms with Gasteiger partial charge in [-0.25, -0.2) is 0 Å². The number of aliphatic hydroxyl groups excluding tert-OH is 1. The number of hydrogen-bond acceptors (Lipinski definition) is 4. The van der Waals surface area contributed by atoms with Crippen LogP contribution >= 0.6 is 25.3 Å². The molecule has 1 N–H and O–H groups in total. The van der Waals surface area contributed by atoms with Gasteiger partial charge in [0.1, 0.15) is 0 Å². The number of rotatable bonds is 2. The van der Waals surface area contributed by atoms with Crippen molar-refractivity contribution in [1.82, 2.24) is 0 Å². The van der Waals surface area contributed by atoms with E-state index in [4.69, 9.17) is 5.26 Å². The second-order valence-electron chi connectivity index (χ2n) is 2.66. The number of aliphatic hydroxyl groups is 1. The third-order valence-corrected chi connectivity index (χ3v) is 1.96. The molecular formula is C10H10NNaOS2. The second-order valence-corrected chi connectivity index (χ2v) is 3.98. The van der Waals surface area contributed by atoms with Crippen LogP contribution in [0.5, 0.6) is 0 Å². The van der Waals surface area contributed by atoms with Crippen molar-refractivity contribution in [3.63, 3.8) is 0 Å². The van der Waals surface area contributed by atoms with Crippen LogP contribution in [0.25, 0.3) is 6.08 Å². The summed E-state index contributed by atoms with van der Waals surface area (Å²) >= 11 is 8.03. The third kappa shape index (κ3) is 4.64. The van der Waals surface area contributed by atoms with Gasteiger partial charge in [-0.05, 0) is 11.6 Å². The zero-order valence-electron chi connectivity index (χ0n) is 7.25. The Labute approximate surface area is 122 Å². The van der Waals surface area contributed by atoms with Crippen molar-refractivity contribution in [2.24, 2.45) is 0 Å². The van der Waals surface area contributed by atoms with Crippen molar-refractivity contribution in [3.05, 3.63) is 39.6 Å². The normalized spacial score (nSPS) is 10.8. The molecular weight excluding hydrogens is 237 g/mol. The molecule has 0 unspecified atom stereocenters. The molecule has 1 aromatic carbocycles. The van der Waals surface area contributed by atoms with E-state index in [2.05, 4.69) is 25.3 Å². The fraction of sp³-hybridized carbons (Fsp3) is 0.100. The van der Waals surface area contributed by atoms with Crippen molar-refractivity contribution in [2.75, 3.05) is 0 Å². The van der Waals surface area contributed by atoms with Crippen LogP contribution in [0.15, 0.2) is 28.5 Å². The van der Waals surface area contributed by atoms with E-state index in [9.17, 15) is 5.11 Å². The third-order valence-electron chi connectivity index (χ3n) is 1.70. The molecule has 0 aromatic heterocycles. The minimum atomic E-state index is -1.11. The van der Waals surface area contributed by atoms with Gasteiger partial charge < -0.3 is 5.11 Å². The van der Waals surface area contributed by atoms with Gasteiger partial charge >= 0.3 is 29.6 Å². The molecule has 0 fully saturated rings. The van der Waals surface area contributed by atoms with E-state index < -0.39 is 6.10 Å². The van der Waals surface area contributed by atoms with Gasteiger partial charge in [-0.1, -0.05) is 24.3 Å². The maximum atomic E-state index is 9.38. The molecule has 74 valence electrons. The summed E-state index contributed by atoms with van der Waals surface area (Å²) < 4.78 is 0.530. The Morgan fingerprint density at radius 3 is 2.53 bits per heavy atom. The molecule has 0 aliphatic heterocycles. The van der Waals surface area contributed by atoms with Crippen molar-refractivity contribution in [1.29, 1.82) is 5.26 Å². The molecule has 0 aliphatic carbocycles. The van der Waals surface area contributed by atoms with Crippen molar-refractivity contribution in [2.45, 2.75) is 6.10 Å². The first-order valence-electron chi connectivity index (χ1n) is 3.91. The van der Waals surface area contributed by atoms with E-state index in [-0.39, 0.29) is 29.6 Å². The van der Waals surface area contributed by atoms with E-state index in [1.165, 1.54) is 0 Å². The van der Waals surface area contributed by atoms with Crippen LogP contribution in [-0.2, 0) is 0 Å². The Morgan fingerprint density at radius 1 is 1.40 bits per heavy atom. The minimum absolute atomic E-state index is 0. The molecule has 0 saturated carbocycles. The van der Waals surface area contributed by atoms with Crippen LogP contribution < -0.4 is 0 Å². The van der Waals surface area contributed by atoms with Crippen LogP contribution in [0.4, 0.5) is 0 Å². The average molecular weight is 247 g/mol. The number of nitriles is 1. The first kappa shape index (κ1) is 15.1. The summed E-state index contributed by atoms with van der Waals surface area (Å²) in [5.74, 6) is 0. The average Bonchev–Trinajstić information content (AvgIpc) is 2.16. The zero-order chi connectivity index (χ0) is 10.6. The van der Waals surface area contributed by atoms with E-state index in [1.54, 1.807) is 30.3 Å². The van der Waals surface area contributed by atoms with Gasteiger partial charge in [0.05, 0.1) is 6.07 Å². The molecule has 1 atom stereocenters. The standard InChI is InChI=1S/C10H9NOS2.Na.H/c11-6-9(12)8-4-2-1-3-7(8)5-10(13)14;;/h1-5,9,12-14H;;/t9-;;/m0../s1. The SMILES string of the molecule is N#C[C@H](O)c1ccccc1C=C(S)S.[NaH]. The van der Waals surface area contributed by atoms with Crippen molar-refractivity contribution < 1.29 is 5.11 Å². The number of nitrogens with zero attached hydrogens (tertiary/aromatic N) is 1. The van der Waals surface area contributed by atoms with Crippen LogP contribution in [0, 0.1) is 11.3 Å². The summed E-state index contributed by atoms with van der Waals surface area (Å²) in [6.45, 7) is 0. The van der Waals surface area contributed by atoms with E-state index in [1.807, 2.05) is 6.07 Å². The molecule has 0 heterocycles. The summed E-state index contributed by atoms with van der Waals surface area (Å²) in [6, 6.07) is 8.86. The molecule has 0 spiro atoms. The van der Waals surface area contributed by atoms with Crippen molar-refractivity contribution in [3.8, 4) is 6.07 Å². The molecule has 2 nitrogen and oxygen atoms in total. The van der Waals surface area contributed by atoms with Crippen LogP contribution in [0.2, 0.25) is 0 Å². The van der Waals surface area contributed by atoms with E-state index in [0.717, 1.165) is 5.56 Å². The van der Waals surface area contributed by atoms with E-state index in [0.29, 0.717) is 9.80 Å². The Kier molecular flexibility index (Phi) is 7.45. The Hall–Kier alpha value is 0.110. The first-order valence-corrected chi connectivity index (χ1v) is 4.81. The molecule has 0 radical (unpaired) electrons. The van der Waals surface area contributed by atoms with Gasteiger partial charge in [0.2, 0.25) is 0 Å². The summed E-state index contributed by atoms with van der Waals surface area (Å²) in [7, 11) is 0. The van der Waals surface area contributed by atoms with E-state index >= 15 is 0 Å². The van der Waals surface area contributed by atoms with Gasteiger partial charge in [0, 0.05) is 9.80 Å². The quantitative estimate of drug-likeness (QED) is 0.423. The Morgan fingerprint density at radius 2 is 2.00 bits per heavy atom. The predicted molar refractivity (Wildman–Crippen MR) is 70.1 cm³/mol. The Bertz CT molecular complexity index is 397. The summed E-state index contributed by atoms with van der Waals surface area (Å²) in [6.07, 6.45) is 0.575. The van der Waals surface area contributed by atoms with Gasteiger partial charge in [0.15, 0.2) is 6.10 Å². The van der Waals surface area contributed by atoms with Gasteiger partial charge in [-0.15, -0.1) is 25.3 Å². The molecule has 0 aliphatic rings. The molecule has 0 amide bonds. The molecule has 1 rings (SSSR count). The molecule has 1 aromatic rings. The van der Waals surface area contributed by atoms with Crippen LogP contribution in [-0.4, -0.2) is 34.7 Å². The summed E-state index contributed by atoms with van der Waals surface area (Å²) in [4.78, 5) is 0. The predicted octanol–water partition coefficient (Wildman–Crippen LogP) is 1.75. The molecule has 0 bridgehead atoms. The Balaban J connectivity index is 0.00000196. The summed E-state index contributed by atoms with van der Waals surface area (Å²) in [5, 5.41) is 18.0. The molecule has 0 saturated heterocycles. The fourth-order valence-corrected chi connectivity index (χ4v) is 1.38. The first-order chi connectivity index (χ1) is 6.65. The topological polar surface area (TPSA) is 44.0 Å².